The standard InChI is InChI=1S/C14H25NO3S/c1-4-5-12(10(2)3)14(18)15-6-7-19-9-11(15)8-13(16)17/h10-12H,4-9H2,1-3H3,(H,16,17). The lowest BCUT2D eigenvalue weighted by Crippen LogP contribution is -2.50. The lowest BCUT2D eigenvalue weighted by atomic mass is 9.89. The molecule has 4 nitrogen and oxygen atoms in total. The van der Waals surface area contributed by atoms with Crippen molar-refractivity contribution in [3.05, 3.63) is 0 Å². The maximum absolute atomic E-state index is 12.6. The summed E-state index contributed by atoms with van der Waals surface area (Å²) in [6, 6.07) is -0.137. The fraction of sp³-hybridized carbons (Fsp3) is 0.857. The number of thioether (sulfide) groups is 1. The largest absolute Gasteiger partial charge is 0.481 e. The second kappa shape index (κ2) is 7.78. The number of nitrogens with zero attached hydrogens (tertiary/aromatic N) is 1. The molecule has 1 saturated heterocycles. The van der Waals surface area contributed by atoms with Crippen molar-refractivity contribution in [1.82, 2.24) is 4.90 Å². The minimum absolute atomic E-state index is 0.0318. The van der Waals surface area contributed by atoms with Crippen LogP contribution in [0.4, 0.5) is 0 Å². The second-order valence-corrected chi connectivity index (χ2v) is 6.65. The van der Waals surface area contributed by atoms with Crippen LogP contribution in [-0.2, 0) is 9.59 Å². The first kappa shape index (κ1) is 16.3. The fourth-order valence-electron chi connectivity index (χ4n) is 2.58. The monoisotopic (exact) mass is 287 g/mol. The molecular formula is C14H25NO3S. The number of aliphatic carboxylic acids is 1. The number of carboxylic acid groups (broad SMARTS) is 1. The first-order chi connectivity index (χ1) is 8.97. The Morgan fingerprint density at radius 2 is 2.11 bits per heavy atom. The topological polar surface area (TPSA) is 57.6 Å². The second-order valence-electron chi connectivity index (χ2n) is 5.50. The van der Waals surface area contributed by atoms with Gasteiger partial charge in [0, 0.05) is 24.0 Å². The molecule has 1 aliphatic rings. The zero-order valence-electron chi connectivity index (χ0n) is 12.1. The summed E-state index contributed by atoms with van der Waals surface area (Å²) >= 11 is 1.74. The number of hydrogen-bond acceptors (Lipinski definition) is 3. The number of carbonyl (C=O) groups excluding carboxylic acids is 1. The third-order valence-corrected chi connectivity index (χ3v) is 4.73. The highest BCUT2D eigenvalue weighted by atomic mass is 32.2. The van der Waals surface area contributed by atoms with Gasteiger partial charge in [0.2, 0.25) is 5.91 Å². The van der Waals surface area contributed by atoms with E-state index in [0.29, 0.717) is 12.5 Å². The van der Waals surface area contributed by atoms with Crippen LogP contribution in [0.3, 0.4) is 0 Å². The van der Waals surface area contributed by atoms with Gasteiger partial charge in [-0.1, -0.05) is 27.2 Å². The van der Waals surface area contributed by atoms with Gasteiger partial charge in [-0.05, 0) is 12.3 Å². The SMILES string of the molecule is CCCC(C(=O)N1CCSCC1CC(=O)O)C(C)C. The normalized spacial score (nSPS) is 21.5. The molecular weight excluding hydrogens is 262 g/mol. The molecule has 2 atom stereocenters. The van der Waals surface area contributed by atoms with Crippen molar-refractivity contribution in [3.8, 4) is 0 Å². The van der Waals surface area contributed by atoms with E-state index in [0.717, 1.165) is 24.3 Å². The average molecular weight is 287 g/mol. The zero-order valence-corrected chi connectivity index (χ0v) is 12.9. The molecule has 0 spiro atoms. The van der Waals surface area contributed by atoms with Gasteiger partial charge in [0.1, 0.15) is 0 Å². The summed E-state index contributed by atoms with van der Waals surface area (Å²) in [6.45, 7) is 6.92. The van der Waals surface area contributed by atoms with E-state index in [2.05, 4.69) is 20.8 Å². The number of amides is 1. The van der Waals surface area contributed by atoms with Gasteiger partial charge >= 0.3 is 5.97 Å². The number of hydrogen-bond donors (Lipinski definition) is 1. The Balaban J connectivity index is 2.77. The van der Waals surface area contributed by atoms with Crippen LogP contribution in [0.5, 0.6) is 0 Å². The highest BCUT2D eigenvalue weighted by molar-refractivity contribution is 7.99. The van der Waals surface area contributed by atoms with Gasteiger partial charge in [0.25, 0.3) is 0 Å². The van der Waals surface area contributed by atoms with E-state index in [1.807, 2.05) is 4.90 Å². The lowest BCUT2D eigenvalue weighted by molar-refractivity contribution is -0.143. The Labute approximate surface area is 119 Å². The van der Waals surface area contributed by atoms with Gasteiger partial charge in [0.15, 0.2) is 0 Å². The van der Waals surface area contributed by atoms with Gasteiger partial charge in [-0.25, -0.2) is 0 Å². The molecule has 1 amide bonds. The summed E-state index contributed by atoms with van der Waals surface area (Å²) in [4.78, 5) is 25.4. The highest BCUT2D eigenvalue weighted by Gasteiger charge is 2.33. The summed E-state index contributed by atoms with van der Waals surface area (Å²) in [5, 5.41) is 8.97. The first-order valence-electron chi connectivity index (χ1n) is 7.07. The van der Waals surface area contributed by atoms with Crippen LogP contribution >= 0.6 is 11.8 Å². The van der Waals surface area contributed by atoms with Crippen LogP contribution in [0.25, 0.3) is 0 Å². The Morgan fingerprint density at radius 3 is 2.63 bits per heavy atom. The van der Waals surface area contributed by atoms with E-state index < -0.39 is 5.97 Å². The predicted molar refractivity (Wildman–Crippen MR) is 78.3 cm³/mol. The Bertz CT molecular complexity index is 320. The van der Waals surface area contributed by atoms with Crippen LogP contribution in [0, 0.1) is 11.8 Å². The van der Waals surface area contributed by atoms with E-state index >= 15 is 0 Å². The van der Waals surface area contributed by atoms with Crippen LogP contribution in [-0.4, -0.2) is 46.0 Å². The van der Waals surface area contributed by atoms with Crippen molar-refractivity contribution in [2.45, 2.75) is 46.1 Å². The Morgan fingerprint density at radius 1 is 1.42 bits per heavy atom. The molecule has 0 radical (unpaired) electrons. The number of rotatable bonds is 6. The van der Waals surface area contributed by atoms with Gasteiger partial charge in [0.05, 0.1) is 12.5 Å². The van der Waals surface area contributed by atoms with Crippen molar-refractivity contribution < 1.29 is 14.7 Å². The molecule has 2 unspecified atom stereocenters. The van der Waals surface area contributed by atoms with Crippen molar-refractivity contribution >= 4 is 23.6 Å². The van der Waals surface area contributed by atoms with Crippen molar-refractivity contribution in [1.29, 1.82) is 0 Å². The molecule has 0 bridgehead atoms. The average Bonchev–Trinajstić information content (AvgIpc) is 2.34. The van der Waals surface area contributed by atoms with Crippen LogP contribution in [0.2, 0.25) is 0 Å². The van der Waals surface area contributed by atoms with Crippen LogP contribution in [0.1, 0.15) is 40.0 Å². The van der Waals surface area contributed by atoms with Crippen LogP contribution < -0.4 is 0 Å². The summed E-state index contributed by atoms with van der Waals surface area (Å²) in [6.07, 6.45) is 1.94. The Kier molecular flexibility index (Phi) is 6.69. The first-order valence-corrected chi connectivity index (χ1v) is 8.22. The third-order valence-electron chi connectivity index (χ3n) is 3.64. The highest BCUT2D eigenvalue weighted by Crippen LogP contribution is 2.26. The molecule has 110 valence electrons. The molecule has 1 N–H and O–H groups in total. The van der Waals surface area contributed by atoms with Gasteiger partial charge in [-0.15, -0.1) is 0 Å². The molecule has 1 heterocycles. The molecule has 0 saturated carbocycles. The van der Waals surface area contributed by atoms with Gasteiger partial charge in [-0.3, -0.25) is 9.59 Å². The third kappa shape index (κ3) is 4.71. The van der Waals surface area contributed by atoms with Crippen molar-refractivity contribution in [2.24, 2.45) is 11.8 Å². The van der Waals surface area contributed by atoms with Crippen molar-refractivity contribution in [2.75, 3.05) is 18.1 Å². The predicted octanol–water partition coefficient (Wildman–Crippen LogP) is 2.48. The number of carboxylic acids is 1. The number of carbonyl (C=O) groups is 2. The Hall–Kier alpha value is -0.710. The smallest absolute Gasteiger partial charge is 0.305 e. The fourth-order valence-corrected chi connectivity index (χ4v) is 3.64. The van der Waals surface area contributed by atoms with E-state index in [-0.39, 0.29) is 24.3 Å². The molecule has 0 aromatic carbocycles. The molecule has 0 aromatic rings. The zero-order chi connectivity index (χ0) is 14.4. The van der Waals surface area contributed by atoms with Crippen molar-refractivity contribution in [3.63, 3.8) is 0 Å². The molecule has 0 aromatic heterocycles. The van der Waals surface area contributed by atoms with E-state index in [1.54, 1.807) is 11.8 Å². The summed E-state index contributed by atoms with van der Waals surface area (Å²) in [7, 11) is 0. The lowest BCUT2D eigenvalue weighted by Gasteiger charge is -2.37. The molecule has 1 fully saturated rings. The molecule has 5 heteroatoms. The minimum atomic E-state index is -0.818. The maximum Gasteiger partial charge on any atom is 0.305 e. The van der Waals surface area contributed by atoms with E-state index in [4.69, 9.17) is 5.11 Å². The van der Waals surface area contributed by atoms with Crippen LogP contribution in [0.15, 0.2) is 0 Å². The minimum Gasteiger partial charge on any atom is -0.481 e. The maximum atomic E-state index is 12.6. The molecule has 1 rings (SSSR count). The molecule has 0 aliphatic carbocycles. The summed E-state index contributed by atoms with van der Waals surface area (Å²) < 4.78 is 0. The summed E-state index contributed by atoms with van der Waals surface area (Å²) in [5.74, 6) is 1.34. The van der Waals surface area contributed by atoms with E-state index in [1.165, 1.54) is 0 Å². The summed E-state index contributed by atoms with van der Waals surface area (Å²) in [5.41, 5.74) is 0. The quantitative estimate of drug-likeness (QED) is 0.815. The van der Waals surface area contributed by atoms with Gasteiger partial charge < -0.3 is 10.0 Å². The molecule has 1 aliphatic heterocycles. The van der Waals surface area contributed by atoms with Gasteiger partial charge in [-0.2, -0.15) is 11.8 Å². The molecule has 19 heavy (non-hydrogen) atoms. The van der Waals surface area contributed by atoms with E-state index in [9.17, 15) is 9.59 Å².